The molecule has 0 aromatic heterocycles. The number of hydrogen-bond acceptors (Lipinski definition) is 4. The van der Waals surface area contributed by atoms with E-state index in [0.717, 1.165) is 58.0 Å². The van der Waals surface area contributed by atoms with Gasteiger partial charge in [0.2, 0.25) is 5.91 Å². The zero-order chi connectivity index (χ0) is 16.8. The molecule has 130 valence electrons. The molecule has 0 N–H and O–H groups in total. The molecule has 0 aliphatic carbocycles. The monoisotopic (exact) mass is 329 g/mol. The first-order valence-corrected chi connectivity index (χ1v) is 8.81. The van der Waals surface area contributed by atoms with Gasteiger partial charge < -0.3 is 14.5 Å². The molecule has 3 rings (SSSR count). The number of rotatable bonds is 7. The fourth-order valence-corrected chi connectivity index (χ4v) is 3.51. The van der Waals surface area contributed by atoms with Gasteiger partial charge in [0, 0.05) is 45.0 Å². The first kappa shape index (κ1) is 17.0. The second-order valence-corrected chi connectivity index (χ2v) is 6.36. The third-order valence-electron chi connectivity index (χ3n) is 4.84. The quantitative estimate of drug-likeness (QED) is 0.712. The highest BCUT2D eigenvalue weighted by atomic mass is 16.5. The number of nitrogens with zero attached hydrogens (tertiary/aromatic N) is 3. The molecule has 5 nitrogen and oxygen atoms in total. The Morgan fingerprint density at radius 1 is 1.21 bits per heavy atom. The number of carbonyl (C=O) groups is 1. The Labute approximate surface area is 144 Å². The minimum Gasteiger partial charge on any atom is -0.379 e. The van der Waals surface area contributed by atoms with Crippen LogP contribution in [0.25, 0.3) is 0 Å². The summed E-state index contributed by atoms with van der Waals surface area (Å²) in [7, 11) is 0. The lowest BCUT2D eigenvalue weighted by molar-refractivity contribution is -0.128. The van der Waals surface area contributed by atoms with Crippen LogP contribution < -0.4 is 4.90 Å². The first-order valence-electron chi connectivity index (χ1n) is 8.81. The van der Waals surface area contributed by atoms with Crippen LogP contribution in [0.3, 0.4) is 0 Å². The number of para-hydroxylation sites is 1. The SMILES string of the molecule is C=CCN1CC[C@@H](N(CCN2CCOCC2)c2ccccc2)C1=O. The van der Waals surface area contributed by atoms with Crippen LogP contribution in [0, 0.1) is 0 Å². The molecule has 2 heterocycles. The molecule has 5 heteroatoms. The summed E-state index contributed by atoms with van der Waals surface area (Å²) < 4.78 is 5.42. The van der Waals surface area contributed by atoms with Crippen molar-refractivity contribution in [1.29, 1.82) is 0 Å². The normalized spacial score (nSPS) is 21.9. The van der Waals surface area contributed by atoms with Crippen LogP contribution >= 0.6 is 0 Å². The van der Waals surface area contributed by atoms with E-state index in [-0.39, 0.29) is 11.9 Å². The predicted octanol–water partition coefficient (Wildman–Crippen LogP) is 1.61. The summed E-state index contributed by atoms with van der Waals surface area (Å²) in [6, 6.07) is 10.2. The summed E-state index contributed by atoms with van der Waals surface area (Å²) in [6.45, 7) is 10.6. The molecule has 2 saturated heterocycles. The smallest absolute Gasteiger partial charge is 0.245 e. The second-order valence-electron chi connectivity index (χ2n) is 6.36. The van der Waals surface area contributed by atoms with Crippen molar-refractivity contribution in [1.82, 2.24) is 9.80 Å². The van der Waals surface area contributed by atoms with Crippen molar-refractivity contribution in [3.63, 3.8) is 0 Å². The molecule has 24 heavy (non-hydrogen) atoms. The molecule has 0 bridgehead atoms. The van der Waals surface area contributed by atoms with Crippen LogP contribution in [-0.4, -0.2) is 74.2 Å². The zero-order valence-electron chi connectivity index (χ0n) is 14.3. The van der Waals surface area contributed by atoms with E-state index >= 15 is 0 Å². The van der Waals surface area contributed by atoms with E-state index in [1.807, 2.05) is 23.1 Å². The third-order valence-corrected chi connectivity index (χ3v) is 4.84. The Morgan fingerprint density at radius 3 is 2.67 bits per heavy atom. The Kier molecular flexibility index (Phi) is 5.88. The second kappa shape index (κ2) is 8.31. The number of carbonyl (C=O) groups excluding carboxylic acids is 1. The number of ether oxygens (including phenoxy) is 1. The fourth-order valence-electron chi connectivity index (χ4n) is 3.51. The standard InChI is InChI=1S/C19H27N3O2/c1-2-9-21-10-8-18(19(21)23)22(17-6-4-3-5-7-17)12-11-20-13-15-24-16-14-20/h2-7,18H,1,8-16H2/t18-/m1/s1. The van der Waals surface area contributed by atoms with Crippen molar-refractivity contribution in [3.05, 3.63) is 43.0 Å². The number of anilines is 1. The summed E-state index contributed by atoms with van der Waals surface area (Å²) >= 11 is 0. The highest BCUT2D eigenvalue weighted by Gasteiger charge is 2.35. The van der Waals surface area contributed by atoms with Crippen LogP contribution in [0.2, 0.25) is 0 Å². The summed E-state index contributed by atoms with van der Waals surface area (Å²) in [6.07, 6.45) is 2.69. The Morgan fingerprint density at radius 2 is 1.96 bits per heavy atom. The Bertz CT molecular complexity index is 543. The van der Waals surface area contributed by atoms with E-state index in [9.17, 15) is 4.79 Å². The van der Waals surface area contributed by atoms with Gasteiger partial charge >= 0.3 is 0 Å². The van der Waals surface area contributed by atoms with Crippen LogP contribution in [0.1, 0.15) is 6.42 Å². The molecule has 1 atom stereocenters. The summed E-state index contributed by atoms with van der Waals surface area (Å²) in [5.41, 5.74) is 1.13. The lowest BCUT2D eigenvalue weighted by atomic mass is 10.1. The van der Waals surface area contributed by atoms with Crippen LogP contribution in [0.4, 0.5) is 5.69 Å². The Balaban J connectivity index is 1.70. The van der Waals surface area contributed by atoms with Gasteiger partial charge in [0.25, 0.3) is 0 Å². The zero-order valence-corrected chi connectivity index (χ0v) is 14.3. The highest BCUT2D eigenvalue weighted by molar-refractivity contribution is 5.87. The van der Waals surface area contributed by atoms with Crippen molar-refractivity contribution in [2.75, 3.05) is 57.4 Å². The van der Waals surface area contributed by atoms with Gasteiger partial charge in [0.1, 0.15) is 6.04 Å². The van der Waals surface area contributed by atoms with Gasteiger partial charge in [-0.15, -0.1) is 6.58 Å². The fraction of sp³-hybridized carbons (Fsp3) is 0.526. The van der Waals surface area contributed by atoms with Gasteiger partial charge in [0.15, 0.2) is 0 Å². The summed E-state index contributed by atoms with van der Waals surface area (Å²) in [4.78, 5) is 19.4. The molecule has 2 aliphatic rings. The largest absolute Gasteiger partial charge is 0.379 e. The van der Waals surface area contributed by atoms with E-state index in [1.165, 1.54) is 0 Å². The van der Waals surface area contributed by atoms with Gasteiger partial charge in [0.05, 0.1) is 13.2 Å². The molecular formula is C19H27N3O2. The van der Waals surface area contributed by atoms with E-state index in [4.69, 9.17) is 4.74 Å². The maximum absolute atomic E-state index is 12.8. The van der Waals surface area contributed by atoms with Crippen LogP contribution in [0.5, 0.6) is 0 Å². The average Bonchev–Trinajstić information content (AvgIpc) is 2.98. The molecule has 1 aromatic carbocycles. The van der Waals surface area contributed by atoms with Crippen molar-refractivity contribution < 1.29 is 9.53 Å². The van der Waals surface area contributed by atoms with Gasteiger partial charge in [-0.2, -0.15) is 0 Å². The van der Waals surface area contributed by atoms with Crippen molar-refractivity contribution in [2.24, 2.45) is 0 Å². The van der Waals surface area contributed by atoms with Crippen molar-refractivity contribution in [3.8, 4) is 0 Å². The molecule has 0 radical (unpaired) electrons. The van der Waals surface area contributed by atoms with Gasteiger partial charge in [-0.25, -0.2) is 0 Å². The summed E-state index contributed by atoms with van der Waals surface area (Å²) in [5, 5.41) is 0. The number of amides is 1. The van der Waals surface area contributed by atoms with Crippen molar-refractivity contribution in [2.45, 2.75) is 12.5 Å². The highest BCUT2D eigenvalue weighted by Crippen LogP contribution is 2.24. The topological polar surface area (TPSA) is 36.0 Å². The number of hydrogen-bond donors (Lipinski definition) is 0. The molecular weight excluding hydrogens is 302 g/mol. The molecule has 1 amide bonds. The molecule has 2 fully saturated rings. The molecule has 1 aromatic rings. The molecule has 2 aliphatic heterocycles. The lowest BCUT2D eigenvalue weighted by Gasteiger charge is -2.34. The maximum Gasteiger partial charge on any atom is 0.245 e. The van der Waals surface area contributed by atoms with E-state index in [2.05, 4.69) is 28.5 Å². The van der Waals surface area contributed by atoms with E-state index in [0.29, 0.717) is 6.54 Å². The molecule has 0 saturated carbocycles. The van der Waals surface area contributed by atoms with E-state index < -0.39 is 0 Å². The number of benzene rings is 1. The van der Waals surface area contributed by atoms with Crippen LogP contribution in [-0.2, 0) is 9.53 Å². The predicted molar refractivity (Wildman–Crippen MR) is 96.2 cm³/mol. The van der Waals surface area contributed by atoms with Gasteiger partial charge in [-0.3, -0.25) is 9.69 Å². The molecule has 0 spiro atoms. The average molecular weight is 329 g/mol. The van der Waals surface area contributed by atoms with Gasteiger partial charge in [-0.05, 0) is 18.6 Å². The Hall–Kier alpha value is -1.85. The summed E-state index contributed by atoms with van der Waals surface area (Å²) in [5.74, 6) is 0.223. The first-order chi connectivity index (χ1) is 11.8. The lowest BCUT2D eigenvalue weighted by Crippen LogP contribution is -2.47. The maximum atomic E-state index is 12.8. The van der Waals surface area contributed by atoms with Crippen molar-refractivity contribution >= 4 is 11.6 Å². The minimum absolute atomic E-state index is 0.0617. The number of likely N-dealkylation sites (tertiary alicyclic amines) is 1. The number of morpholine rings is 1. The van der Waals surface area contributed by atoms with Crippen LogP contribution in [0.15, 0.2) is 43.0 Å². The van der Waals surface area contributed by atoms with Gasteiger partial charge in [-0.1, -0.05) is 24.3 Å². The van der Waals surface area contributed by atoms with E-state index in [1.54, 1.807) is 6.08 Å². The molecule has 0 unspecified atom stereocenters. The third kappa shape index (κ3) is 3.97. The minimum atomic E-state index is -0.0617.